The van der Waals surface area contributed by atoms with Crippen LogP contribution in [0.4, 0.5) is 23.4 Å². The minimum absolute atomic E-state index is 0.00872. The fourth-order valence-corrected chi connectivity index (χ4v) is 9.40. The molecule has 0 aliphatic carbocycles. The van der Waals surface area contributed by atoms with Crippen molar-refractivity contribution < 1.29 is 30.8 Å². The van der Waals surface area contributed by atoms with Gasteiger partial charge in [0.25, 0.3) is 21.5 Å². The Morgan fingerprint density at radius 2 is 1.90 bits per heavy atom. The minimum atomic E-state index is -4.21. The molecule has 0 atom stereocenters. The van der Waals surface area contributed by atoms with Crippen molar-refractivity contribution >= 4 is 65.8 Å². The van der Waals surface area contributed by atoms with E-state index in [4.69, 9.17) is 11.6 Å². The van der Waals surface area contributed by atoms with Crippen LogP contribution in [0.3, 0.4) is 0 Å². The number of hydrogen-bond donors (Lipinski definition) is 1. The molecule has 0 spiro atoms. The summed E-state index contributed by atoms with van der Waals surface area (Å²) < 4.78 is 82.9. The predicted molar refractivity (Wildman–Crippen MR) is 223 cm³/mol. The number of sulfonamides is 1. The number of aromatic nitrogens is 5. The average molecular weight is 892 g/mol. The summed E-state index contributed by atoms with van der Waals surface area (Å²) in [7, 11) is -4.21. The molecule has 61 heavy (non-hydrogen) atoms. The average Bonchev–Trinajstić information content (AvgIpc) is 3.68. The molecular formula is C41H34ClF4N9O4S2. The van der Waals surface area contributed by atoms with Gasteiger partial charge in [0.1, 0.15) is 28.2 Å². The summed E-state index contributed by atoms with van der Waals surface area (Å²) in [6.45, 7) is 2.92. The summed E-state index contributed by atoms with van der Waals surface area (Å²) in [5.74, 6) is 1.69. The van der Waals surface area contributed by atoms with Crippen LogP contribution >= 0.6 is 22.9 Å². The Bertz CT molecular complexity index is 2940. The molecule has 1 aliphatic rings. The Balaban J connectivity index is 1.17. The molecule has 0 unspecified atom stereocenters. The third-order valence-corrected chi connectivity index (χ3v) is 12.8. The van der Waals surface area contributed by atoms with Gasteiger partial charge < -0.3 is 4.90 Å². The zero-order valence-corrected chi connectivity index (χ0v) is 34.8. The van der Waals surface area contributed by atoms with E-state index in [1.807, 2.05) is 11.8 Å². The number of carbonyl (C=O) groups is 1. The summed E-state index contributed by atoms with van der Waals surface area (Å²) in [4.78, 5) is 47.6. The van der Waals surface area contributed by atoms with Crippen LogP contribution in [0.1, 0.15) is 47.1 Å². The molecule has 1 saturated heterocycles. The molecule has 1 N–H and O–H groups in total. The lowest BCUT2D eigenvalue weighted by Gasteiger charge is -2.39. The van der Waals surface area contributed by atoms with E-state index in [-0.39, 0.29) is 63.9 Å². The molecule has 1 amide bonds. The van der Waals surface area contributed by atoms with Crippen LogP contribution in [0.15, 0.2) is 76.3 Å². The van der Waals surface area contributed by atoms with E-state index in [9.17, 15) is 40.8 Å². The maximum atomic E-state index is 14.2. The highest BCUT2D eigenvalue weighted by Gasteiger charge is 2.43. The number of pyridine rings is 3. The predicted octanol–water partition coefficient (Wildman–Crippen LogP) is 6.66. The monoisotopic (exact) mass is 891 g/mol. The summed E-state index contributed by atoms with van der Waals surface area (Å²) in [6, 6.07) is 11.4. The third kappa shape index (κ3) is 8.78. The Morgan fingerprint density at radius 1 is 1.13 bits per heavy atom. The molecule has 13 nitrogen and oxygen atoms in total. The first kappa shape index (κ1) is 43.1. The third-order valence-electron chi connectivity index (χ3n) is 10.2. The first-order valence-electron chi connectivity index (χ1n) is 18.7. The van der Waals surface area contributed by atoms with Crippen LogP contribution < -0.4 is 15.2 Å². The molecule has 6 aromatic rings. The van der Waals surface area contributed by atoms with Crippen molar-refractivity contribution in [3.63, 3.8) is 0 Å². The molecule has 7 rings (SSSR count). The number of rotatable bonds is 11. The number of alkyl halides is 4. The lowest BCUT2D eigenvalue weighted by Crippen LogP contribution is -2.49. The van der Waals surface area contributed by atoms with Crippen molar-refractivity contribution in [2.75, 3.05) is 31.1 Å². The first-order chi connectivity index (χ1) is 29.1. The van der Waals surface area contributed by atoms with Crippen LogP contribution in [-0.2, 0) is 16.6 Å². The Hall–Kier alpha value is -5.99. The van der Waals surface area contributed by atoms with Crippen LogP contribution in [0, 0.1) is 30.1 Å². The van der Waals surface area contributed by atoms with E-state index >= 15 is 0 Å². The molecule has 20 heteroatoms. The lowest BCUT2D eigenvalue weighted by atomic mass is 10.00. The number of fused-ring (bicyclic) bond motifs is 2. The smallest absolute Gasteiger partial charge is 0.319 e. The summed E-state index contributed by atoms with van der Waals surface area (Å²) in [5, 5.41) is 12.3. The minimum Gasteiger partial charge on any atom is -0.353 e. The molecule has 0 bridgehead atoms. The zero-order chi connectivity index (χ0) is 43.6. The number of benzene rings is 1. The molecule has 6 heterocycles. The Labute approximate surface area is 355 Å². The van der Waals surface area contributed by atoms with Crippen molar-refractivity contribution in [2.45, 2.75) is 56.5 Å². The normalized spacial score (nSPS) is 13.9. The van der Waals surface area contributed by atoms with Crippen LogP contribution in [-0.4, -0.2) is 88.3 Å². The van der Waals surface area contributed by atoms with Crippen LogP contribution in [0.2, 0.25) is 5.02 Å². The molecular weight excluding hydrogens is 858 g/mol. The van der Waals surface area contributed by atoms with E-state index < -0.39 is 40.4 Å². The van der Waals surface area contributed by atoms with Gasteiger partial charge in [-0.15, -0.1) is 11.3 Å². The molecule has 314 valence electrons. The van der Waals surface area contributed by atoms with Gasteiger partial charge in [0.05, 0.1) is 46.0 Å². The molecule has 5 aromatic heterocycles. The van der Waals surface area contributed by atoms with Crippen LogP contribution in [0.5, 0.6) is 0 Å². The molecule has 0 radical (unpaired) electrons. The number of nitrogens with one attached hydrogen (secondary N) is 1. The highest BCUT2D eigenvalue weighted by Crippen LogP contribution is 2.37. The number of nitrogens with zero attached hydrogens (tertiary/aromatic N) is 8. The molecule has 1 aromatic carbocycles. The van der Waals surface area contributed by atoms with Gasteiger partial charge in [-0.05, 0) is 63.1 Å². The van der Waals surface area contributed by atoms with E-state index in [0.717, 1.165) is 6.20 Å². The van der Waals surface area contributed by atoms with Crippen LogP contribution in [0.25, 0.3) is 32.2 Å². The number of amides is 1. The zero-order valence-electron chi connectivity index (χ0n) is 32.4. The standard InChI is InChI=1S/C41H34ClF4N9O4S2/c1-3-54(27-11-16-53(17-12-27)23-41(45,46)40(43)44)37-31(19-47)34-33(21-50-37)51-24(2)55(39(34)57)15-5-6-25-8-9-26(42)18-30(25)29-10-14-49-35-32(22-60-36(29)35)38(56)52-61(58,59)28-7-4-13-48-20-28/h4,7-10,13-14,18,20-22,27,40H,3,11-12,15-17,23H2,1-2H3,(H,52,56). The Morgan fingerprint density at radius 3 is 2.59 bits per heavy atom. The van der Waals surface area contributed by atoms with Gasteiger partial charge in [-0.3, -0.25) is 29.0 Å². The number of likely N-dealkylation sites (tertiary alicyclic amines) is 1. The second-order valence-corrected chi connectivity index (χ2v) is 17.0. The maximum Gasteiger partial charge on any atom is 0.319 e. The van der Waals surface area contributed by atoms with E-state index in [2.05, 4.69) is 42.6 Å². The number of anilines is 1. The summed E-state index contributed by atoms with van der Waals surface area (Å²) in [5.41, 5.74) is 1.68. The van der Waals surface area contributed by atoms with Crippen molar-refractivity contribution in [1.29, 1.82) is 5.26 Å². The van der Waals surface area contributed by atoms with E-state index in [1.165, 1.54) is 56.9 Å². The topological polar surface area (TPSA) is 167 Å². The highest BCUT2D eigenvalue weighted by atomic mass is 35.5. The van der Waals surface area contributed by atoms with Crippen molar-refractivity contribution in [2.24, 2.45) is 0 Å². The van der Waals surface area contributed by atoms with Gasteiger partial charge in [-0.2, -0.15) is 14.0 Å². The number of hydrogen-bond acceptors (Lipinski definition) is 12. The van der Waals surface area contributed by atoms with E-state index in [1.54, 1.807) is 31.2 Å². The fraction of sp³-hybridized carbons (Fsp3) is 0.293. The maximum absolute atomic E-state index is 14.2. The van der Waals surface area contributed by atoms with Gasteiger partial charge in [0.15, 0.2) is 0 Å². The fourth-order valence-electron chi connectivity index (χ4n) is 7.27. The van der Waals surface area contributed by atoms with Crippen molar-refractivity contribution in [3.05, 3.63) is 104 Å². The van der Waals surface area contributed by atoms with Crippen molar-refractivity contribution in [3.8, 4) is 29.0 Å². The molecule has 0 saturated carbocycles. The number of nitriles is 1. The summed E-state index contributed by atoms with van der Waals surface area (Å²) in [6.07, 6.45) is 2.36. The second kappa shape index (κ2) is 17.5. The quantitative estimate of drug-likeness (QED) is 0.109. The highest BCUT2D eigenvalue weighted by molar-refractivity contribution is 7.90. The SMILES string of the molecule is CCN(c1ncc2nc(C)n(CC#Cc3ccc(Cl)cc3-c3ccnc4c(C(=O)NS(=O)(=O)c5cccnc5)csc34)c(=O)c2c1C#N)C1CCN(CC(F)(F)C(F)F)CC1. The summed E-state index contributed by atoms with van der Waals surface area (Å²) >= 11 is 7.64. The first-order valence-corrected chi connectivity index (χ1v) is 21.4. The second-order valence-electron chi connectivity index (χ2n) is 14.0. The van der Waals surface area contributed by atoms with E-state index in [0.29, 0.717) is 51.6 Å². The number of thiophene rings is 1. The number of carbonyl (C=O) groups excluding carboxylic acids is 1. The molecule has 1 aliphatic heterocycles. The van der Waals surface area contributed by atoms with Gasteiger partial charge in [-0.1, -0.05) is 23.4 Å². The number of aryl methyl sites for hydroxylation is 1. The Kier molecular flexibility index (Phi) is 12.4. The number of piperidine rings is 1. The van der Waals surface area contributed by atoms with Gasteiger partial charge in [0, 0.05) is 71.4 Å². The number of halogens is 5. The van der Waals surface area contributed by atoms with Gasteiger partial charge in [0.2, 0.25) is 0 Å². The lowest BCUT2D eigenvalue weighted by molar-refractivity contribution is -0.143. The molecule has 1 fully saturated rings. The van der Waals surface area contributed by atoms with Gasteiger partial charge >= 0.3 is 12.3 Å². The van der Waals surface area contributed by atoms with Gasteiger partial charge in [-0.25, -0.2) is 31.9 Å². The van der Waals surface area contributed by atoms with Crippen molar-refractivity contribution in [1.82, 2.24) is 34.1 Å². The largest absolute Gasteiger partial charge is 0.353 e.